The molecule has 0 bridgehead atoms. The number of rotatable bonds is 1. The molecule has 0 aliphatic heterocycles. The second-order valence-electron chi connectivity index (χ2n) is 2.69. The van der Waals surface area contributed by atoms with Crippen molar-refractivity contribution >= 4 is 11.6 Å². The fraction of sp³-hybridized carbons (Fsp3) is 0. The molecule has 4 heteroatoms. The smallest absolute Gasteiger partial charge is 0.124 e. The van der Waals surface area contributed by atoms with Crippen LogP contribution in [0.1, 0.15) is 5.56 Å². The molecule has 3 nitrogen and oxygen atoms in total. The molecule has 1 aromatic heterocycles. The molecule has 0 aliphatic rings. The Bertz CT molecular complexity index is 485. The highest BCUT2D eigenvalue weighted by atomic mass is 35.5. The lowest BCUT2D eigenvalue weighted by molar-refractivity contribution is 0.422. The molecule has 2 rings (SSSR count). The van der Waals surface area contributed by atoms with Crippen LogP contribution in [0.15, 0.2) is 35.1 Å². The Morgan fingerprint density at radius 1 is 1.36 bits per heavy atom. The van der Waals surface area contributed by atoms with Gasteiger partial charge in [0.2, 0.25) is 0 Å². The van der Waals surface area contributed by atoms with Crippen LogP contribution in [-0.2, 0) is 0 Å². The first kappa shape index (κ1) is 8.79. The molecule has 68 valence electrons. The van der Waals surface area contributed by atoms with Gasteiger partial charge < -0.3 is 4.52 Å². The van der Waals surface area contributed by atoms with Crippen LogP contribution in [-0.4, -0.2) is 5.16 Å². The molecular formula is C10H5ClN2O. The van der Waals surface area contributed by atoms with Gasteiger partial charge in [-0.15, -0.1) is 0 Å². The summed E-state index contributed by atoms with van der Waals surface area (Å²) in [7, 11) is 0. The Labute approximate surface area is 85.5 Å². The molecule has 2 aromatic rings. The normalized spacial score (nSPS) is 9.71. The van der Waals surface area contributed by atoms with E-state index in [9.17, 15) is 0 Å². The highest BCUT2D eigenvalue weighted by molar-refractivity contribution is 6.33. The van der Waals surface area contributed by atoms with Crippen molar-refractivity contribution in [2.24, 2.45) is 0 Å². The van der Waals surface area contributed by atoms with Crippen molar-refractivity contribution in [2.75, 3.05) is 0 Å². The van der Waals surface area contributed by atoms with Crippen molar-refractivity contribution < 1.29 is 4.52 Å². The first-order valence-electron chi connectivity index (χ1n) is 3.91. The van der Waals surface area contributed by atoms with E-state index in [0.717, 1.165) is 5.56 Å². The van der Waals surface area contributed by atoms with Crippen LogP contribution in [0.3, 0.4) is 0 Å². The lowest BCUT2D eigenvalue weighted by atomic mass is 10.1. The molecule has 0 aliphatic carbocycles. The Hall–Kier alpha value is -1.79. The van der Waals surface area contributed by atoms with Gasteiger partial charge in [-0.2, -0.15) is 5.26 Å². The Kier molecular flexibility index (Phi) is 2.21. The van der Waals surface area contributed by atoms with E-state index in [4.69, 9.17) is 21.4 Å². The van der Waals surface area contributed by atoms with Gasteiger partial charge in [-0.3, -0.25) is 0 Å². The van der Waals surface area contributed by atoms with Gasteiger partial charge >= 0.3 is 0 Å². The van der Waals surface area contributed by atoms with Crippen LogP contribution in [0, 0.1) is 11.3 Å². The summed E-state index contributed by atoms with van der Waals surface area (Å²) in [6.07, 6.45) is 1.48. The molecule has 0 saturated carbocycles. The van der Waals surface area contributed by atoms with Crippen molar-refractivity contribution in [1.29, 1.82) is 5.26 Å². The zero-order valence-electron chi connectivity index (χ0n) is 7.07. The minimum Gasteiger partial charge on any atom is -0.364 e. The monoisotopic (exact) mass is 204 g/mol. The van der Waals surface area contributed by atoms with Crippen LogP contribution in [0.5, 0.6) is 0 Å². The van der Waals surface area contributed by atoms with Crippen molar-refractivity contribution in [3.63, 3.8) is 0 Å². The average molecular weight is 205 g/mol. The average Bonchev–Trinajstić information content (AvgIpc) is 2.70. The predicted octanol–water partition coefficient (Wildman–Crippen LogP) is 2.87. The predicted molar refractivity (Wildman–Crippen MR) is 51.7 cm³/mol. The van der Waals surface area contributed by atoms with Gasteiger partial charge in [0.15, 0.2) is 0 Å². The van der Waals surface area contributed by atoms with Crippen molar-refractivity contribution in [2.45, 2.75) is 0 Å². The van der Waals surface area contributed by atoms with Crippen LogP contribution in [0.4, 0.5) is 0 Å². The molecule has 14 heavy (non-hydrogen) atoms. The summed E-state index contributed by atoms with van der Waals surface area (Å²) in [5.74, 6) is 0. The van der Waals surface area contributed by atoms with E-state index in [-0.39, 0.29) is 0 Å². The van der Waals surface area contributed by atoms with Gasteiger partial charge in [0.05, 0.1) is 16.7 Å². The van der Waals surface area contributed by atoms with E-state index in [1.807, 2.05) is 6.07 Å². The maximum absolute atomic E-state index is 8.64. The number of halogens is 1. The summed E-state index contributed by atoms with van der Waals surface area (Å²) >= 11 is 5.97. The van der Waals surface area contributed by atoms with Crippen molar-refractivity contribution in [3.8, 4) is 17.3 Å². The van der Waals surface area contributed by atoms with E-state index in [0.29, 0.717) is 16.3 Å². The number of aromatic nitrogens is 1. The summed E-state index contributed by atoms with van der Waals surface area (Å²) < 4.78 is 4.71. The quantitative estimate of drug-likeness (QED) is 0.718. The van der Waals surface area contributed by atoms with E-state index >= 15 is 0 Å². The molecule has 0 spiro atoms. The Morgan fingerprint density at radius 3 is 2.79 bits per heavy atom. The molecule has 0 radical (unpaired) electrons. The van der Waals surface area contributed by atoms with Crippen LogP contribution >= 0.6 is 11.6 Å². The minimum atomic E-state index is 0.498. The third-order valence-corrected chi connectivity index (χ3v) is 2.12. The Morgan fingerprint density at radius 2 is 2.21 bits per heavy atom. The largest absolute Gasteiger partial charge is 0.364 e. The molecule has 1 aromatic carbocycles. The van der Waals surface area contributed by atoms with Gasteiger partial charge in [-0.1, -0.05) is 16.8 Å². The van der Waals surface area contributed by atoms with Gasteiger partial charge in [-0.05, 0) is 18.2 Å². The topological polar surface area (TPSA) is 49.8 Å². The third kappa shape index (κ3) is 1.48. The van der Waals surface area contributed by atoms with Gasteiger partial charge in [0.1, 0.15) is 12.0 Å². The van der Waals surface area contributed by atoms with Gasteiger partial charge in [0, 0.05) is 11.6 Å². The Balaban J connectivity index is 2.52. The van der Waals surface area contributed by atoms with E-state index < -0.39 is 0 Å². The number of hydrogen-bond acceptors (Lipinski definition) is 3. The standard InChI is InChI=1S/C10H5ClN2O/c11-9-5-7(6-12)1-2-8(9)10-3-4-14-13-10/h1-5H. The van der Waals surface area contributed by atoms with Gasteiger partial charge in [0.25, 0.3) is 0 Å². The van der Waals surface area contributed by atoms with Gasteiger partial charge in [-0.25, -0.2) is 0 Å². The molecule has 0 N–H and O–H groups in total. The number of nitrogens with zero attached hydrogens (tertiary/aromatic N) is 2. The summed E-state index contributed by atoms with van der Waals surface area (Å²) in [4.78, 5) is 0. The number of benzene rings is 1. The maximum Gasteiger partial charge on any atom is 0.124 e. The van der Waals surface area contributed by atoms with Crippen LogP contribution in [0.25, 0.3) is 11.3 Å². The molecule has 1 heterocycles. The second-order valence-corrected chi connectivity index (χ2v) is 3.10. The van der Waals surface area contributed by atoms with E-state index in [2.05, 4.69) is 5.16 Å². The highest BCUT2D eigenvalue weighted by Crippen LogP contribution is 2.27. The second kappa shape index (κ2) is 3.52. The maximum atomic E-state index is 8.64. The molecule has 0 saturated heterocycles. The van der Waals surface area contributed by atoms with E-state index in [1.165, 1.54) is 6.26 Å². The lowest BCUT2D eigenvalue weighted by Gasteiger charge is -1.98. The third-order valence-electron chi connectivity index (χ3n) is 1.81. The molecule has 0 atom stereocenters. The zero-order chi connectivity index (χ0) is 9.97. The highest BCUT2D eigenvalue weighted by Gasteiger charge is 2.06. The fourth-order valence-electron chi connectivity index (χ4n) is 1.14. The first-order valence-corrected chi connectivity index (χ1v) is 4.29. The fourth-order valence-corrected chi connectivity index (χ4v) is 1.42. The van der Waals surface area contributed by atoms with Crippen LogP contribution < -0.4 is 0 Å². The summed E-state index contributed by atoms with van der Waals surface area (Å²) in [5.41, 5.74) is 1.96. The van der Waals surface area contributed by atoms with E-state index in [1.54, 1.807) is 24.3 Å². The molecule has 0 amide bonds. The molecule has 0 fully saturated rings. The van der Waals surface area contributed by atoms with Crippen molar-refractivity contribution in [1.82, 2.24) is 5.16 Å². The molecular weight excluding hydrogens is 200 g/mol. The minimum absolute atomic E-state index is 0.498. The summed E-state index contributed by atoms with van der Waals surface area (Å²) in [6.45, 7) is 0. The van der Waals surface area contributed by atoms with Crippen molar-refractivity contribution in [3.05, 3.63) is 41.1 Å². The number of hydrogen-bond donors (Lipinski definition) is 0. The number of nitriles is 1. The first-order chi connectivity index (χ1) is 6.81. The summed E-state index contributed by atoms with van der Waals surface area (Å²) in [5, 5.41) is 12.9. The molecule has 0 unspecified atom stereocenters. The van der Waals surface area contributed by atoms with Crippen LogP contribution in [0.2, 0.25) is 5.02 Å². The lowest BCUT2D eigenvalue weighted by Crippen LogP contribution is -1.81. The zero-order valence-corrected chi connectivity index (χ0v) is 7.82. The summed E-state index contributed by atoms with van der Waals surface area (Å²) in [6, 6.07) is 8.77. The SMILES string of the molecule is N#Cc1ccc(-c2ccon2)c(Cl)c1.